The molecule has 0 atom stereocenters. The van der Waals surface area contributed by atoms with Crippen LogP contribution in [0, 0.1) is 0 Å². The summed E-state index contributed by atoms with van der Waals surface area (Å²) in [5, 5.41) is 8.36. The zero-order valence-electron chi connectivity index (χ0n) is 6.79. The number of aliphatic hydroxyl groups is 1. The quantitative estimate of drug-likeness (QED) is 0.518. The van der Waals surface area contributed by atoms with Gasteiger partial charge in [-0.1, -0.05) is 0 Å². The van der Waals surface area contributed by atoms with E-state index in [0.717, 1.165) is 31.1 Å². The minimum absolute atomic E-state index is 0.119. The highest BCUT2D eigenvalue weighted by Gasteiger charge is 1.88. The van der Waals surface area contributed by atoms with Crippen LogP contribution in [0.2, 0.25) is 0 Å². The monoisotopic (exact) mass is 179 g/mol. The summed E-state index contributed by atoms with van der Waals surface area (Å²) in [6.45, 7) is 2.07. The van der Waals surface area contributed by atoms with Crippen molar-refractivity contribution in [2.75, 3.05) is 37.9 Å². The number of ether oxygens (including phenoxy) is 1. The standard InChI is InChI=1S/C7H17NO2S/c8-2-1-6-11-7-5-10-4-3-9/h9H,1-8H2. The van der Waals surface area contributed by atoms with Gasteiger partial charge in [-0.3, -0.25) is 0 Å². The molecule has 0 fully saturated rings. The van der Waals surface area contributed by atoms with Crippen LogP contribution in [0.1, 0.15) is 6.42 Å². The van der Waals surface area contributed by atoms with E-state index in [0.29, 0.717) is 6.61 Å². The Morgan fingerprint density at radius 2 is 2.09 bits per heavy atom. The van der Waals surface area contributed by atoms with Crippen LogP contribution in [0.15, 0.2) is 0 Å². The Morgan fingerprint density at radius 1 is 1.27 bits per heavy atom. The number of thioether (sulfide) groups is 1. The Balaban J connectivity index is 2.69. The molecule has 11 heavy (non-hydrogen) atoms. The molecule has 68 valence electrons. The van der Waals surface area contributed by atoms with Gasteiger partial charge in [0.05, 0.1) is 19.8 Å². The lowest BCUT2D eigenvalue weighted by atomic mass is 10.5. The Kier molecular flexibility index (Phi) is 10.4. The SMILES string of the molecule is NCCCSCCOCCO. The second-order valence-corrected chi connectivity index (χ2v) is 3.32. The van der Waals surface area contributed by atoms with E-state index in [1.807, 2.05) is 11.8 Å². The molecule has 0 spiro atoms. The van der Waals surface area contributed by atoms with Crippen LogP contribution in [0.5, 0.6) is 0 Å². The number of nitrogens with two attached hydrogens (primary N) is 1. The fourth-order valence-corrected chi connectivity index (χ4v) is 1.38. The Hall–Kier alpha value is 0.230. The molecule has 0 aromatic heterocycles. The maximum Gasteiger partial charge on any atom is 0.0698 e. The predicted octanol–water partition coefficient (Wildman–Crippen LogP) is 0.0773. The molecule has 0 bridgehead atoms. The van der Waals surface area contributed by atoms with Crippen LogP contribution in [0.25, 0.3) is 0 Å². The summed E-state index contributed by atoms with van der Waals surface area (Å²) in [4.78, 5) is 0. The van der Waals surface area contributed by atoms with Crippen LogP contribution in [0.3, 0.4) is 0 Å². The van der Waals surface area contributed by atoms with Gasteiger partial charge in [0.1, 0.15) is 0 Å². The van der Waals surface area contributed by atoms with Crippen LogP contribution in [-0.2, 0) is 4.74 Å². The van der Waals surface area contributed by atoms with E-state index in [1.165, 1.54) is 0 Å². The van der Waals surface area contributed by atoms with Crippen LogP contribution >= 0.6 is 11.8 Å². The summed E-state index contributed by atoms with van der Waals surface area (Å²) in [7, 11) is 0. The molecule has 0 aromatic rings. The third-order valence-electron chi connectivity index (χ3n) is 1.10. The molecular weight excluding hydrogens is 162 g/mol. The third kappa shape index (κ3) is 10.2. The van der Waals surface area contributed by atoms with Gasteiger partial charge in [0.25, 0.3) is 0 Å². The van der Waals surface area contributed by atoms with Gasteiger partial charge < -0.3 is 15.6 Å². The summed E-state index contributed by atoms with van der Waals surface area (Å²) in [5.41, 5.74) is 5.31. The van der Waals surface area contributed by atoms with Crippen molar-refractivity contribution in [1.29, 1.82) is 0 Å². The van der Waals surface area contributed by atoms with E-state index in [4.69, 9.17) is 15.6 Å². The van der Waals surface area contributed by atoms with Gasteiger partial charge >= 0.3 is 0 Å². The van der Waals surface area contributed by atoms with Gasteiger partial charge in [-0.25, -0.2) is 0 Å². The minimum Gasteiger partial charge on any atom is -0.394 e. The lowest BCUT2D eigenvalue weighted by Gasteiger charge is -2.01. The first kappa shape index (κ1) is 11.2. The zero-order valence-corrected chi connectivity index (χ0v) is 7.61. The van der Waals surface area contributed by atoms with Crippen molar-refractivity contribution >= 4 is 11.8 Å². The van der Waals surface area contributed by atoms with Crippen molar-refractivity contribution in [1.82, 2.24) is 0 Å². The van der Waals surface area contributed by atoms with E-state index in [9.17, 15) is 0 Å². The Labute approximate surface area is 72.3 Å². The first-order valence-corrected chi connectivity index (χ1v) is 5.03. The van der Waals surface area contributed by atoms with Crippen LogP contribution < -0.4 is 5.73 Å². The highest BCUT2D eigenvalue weighted by atomic mass is 32.2. The number of rotatable bonds is 8. The molecule has 0 aliphatic carbocycles. The molecule has 3 N–H and O–H groups in total. The summed E-state index contributed by atoms with van der Waals surface area (Å²) >= 11 is 1.84. The molecule has 0 amide bonds. The van der Waals surface area contributed by atoms with E-state index in [1.54, 1.807) is 0 Å². The molecular formula is C7H17NO2S. The number of aliphatic hydroxyl groups excluding tert-OH is 1. The Bertz CT molecular complexity index is 65.5. The lowest BCUT2D eigenvalue weighted by Crippen LogP contribution is -2.04. The molecule has 0 rings (SSSR count). The van der Waals surface area contributed by atoms with Crippen molar-refractivity contribution < 1.29 is 9.84 Å². The van der Waals surface area contributed by atoms with Crippen molar-refractivity contribution in [3.05, 3.63) is 0 Å². The average molecular weight is 179 g/mol. The fraction of sp³-hybridized carbons (Fsp3) is 1.00. The molecule has 0 aliphatic rings. The van der Waals surface area contributed by atoms with E-state index >= 15 is 0 Å². The van der Waals surface area contributed by atoms with Crippen LogP contribution in [-0.4, -0.2) is 43.0 Å². The van der Waals surface area contributed by atoms with Gasteiger partial charge in [0.2, 0.25) is 0 Å². The maximum absolute atomic E-state index is 8.36. The van der Waals surface area contributed by atoms with Gasteiger partial charge in [-0.2, -0.15) is 11.8 Å². The third-order valence-corrected chi connectivity index (χ3v) is 2.13. The summed E-state index contributed by atoms with van der Waals surface area (Å²) in [5.74, 6) is 2.11. The first-order valence-electron chi connectivity index (χ1n) is 3.88. The minimum atomic E-state index is 0.119. The average Bonchev–Trinajstić information content (AvgIpc) is 2.03. The molecule has 0 aliphatic heterocycles. The molecule has 0 heterocycles. The van der Waals surface area contributed by atoms with Crippen molar-refractivity contribution in [3.63, 3.8) is 0 Å². The second-order valence-electron chi connectivity index (χ2n) is 2.09. The molecule has 4 heteroatoms. The summed E-state index contributed by atoms with van der Waals surface area (Å²) < 4.78 is 5.06. The molecule has 0 aromatic carbocycles. The van der Waals surface area contributed by atoms with Gasteiger partial charge in [-0.05, 0) is 18.7 Å². The predicted molar refractivity (Wildman–Crippen MR) is 48.9 cm³/mol. The van der Waals surface area contributed by atoms with E-state index < -0.39 is 0 Å². The zero-order chi connectivity index (χ0) is 8.36. The fourth-order valence-electron chi connectivity index (χ4n) is 0.572. The van der Waals surface area contributed by atoms with Crippen molar-refractivity contribution in [2.24, 2.45) is 5.73 Å². The molecule has 3 nitrogen and oxygen atoms in total. The highest BCUT2D eigenvalue weighted by molar-refractivity contribution is 7.99. The summed E-state index contributed by atoms with van der Waals surface area (Å²) in [6, 6.07) is 0. The largest absolute Gasteiger partial charge is 0.394 e. The highest BCUT2D eigenvalue weighted by Crippen LogP contribution is 2.00. The van der Waals surface area contributed by atoms with Crippen molar-refractivity contribution in [2.45, 2.75) is 6.42 Å². The van der Waals surface area contributed by atoms with Gasteiger partial charge in [0.15, 0.2) is 0 Å². The topological polar surface area (TPSA) is 55.5 Å². The summed E-state index contributed by atoms with van der Waals surface area (Å²) in [6.07, 6.45) is 1.07. The normalized spacial score (nSPS) is 10.4. The van der Waals surface area contributed by atoms with Crippen molar-refractivity contribution in [3.8, 4) is 0 Å². The first-order chi connectivity index (χ1) is 5.41. The van der Waals surface area contributed by atoms with Crippen LogP contribution in [0.4, 0.5) is 0 Å². The number of hydrogen-bond donors (Lipinski definition) is 2. The molecule has 0 unspecified atom stereocenters. The molecule has 0 radical (unpaired) electrons. The number of hydrogen-bond acceptors (Lipinski definition) is 4. The van der Waals surface area contributed by atoms with Gasteiger partial charge in [0, 0.05) is 5.75 Å². The van der Waals surface area contributed by atoms with E-state index in [-0.39, 0.29) is 6.61 Å². The van der Waals surface area contributed by atoms with E-state index in [2.05, 4.69) is 0 Å². The molecule has 0 saturated heterocycles. The smallest absolute Gasteiger partial charge is 0.0698 e. The Morgan fingerprint density at radius 3 is 2.73 bits per heavy atom. The molecule has 0 saturated carbocycles. The maximum atomic E-state index is 8.36. The lowest BCUT2D eigenvalue weighted by molar-refractivity contribution is 0.103. The van der Waals surface area contributed by atoms with Gasteiger partial charge in [-0.15, -0.1) is 0 Å². The second kappa shape index (κ2) is 10.2.